The maximum atomic E-state index is 11.8. The van der Waals surface area contributed by atoms with Gasteiger partial charge in [-0.05, 0) is 13.3 Å². The normalized spacial score (nSPS) is 13.1. The fraction of sp³-hybridized carbons (Fsp3) is 0.500. The van der Waals surface area contributed by atoms with Crippen LogP contribution in [0.15, 0.2) is 10.6 Å². The first-order valence-corrected chi connectivity index (χ1v) is 7.21. The van der Waals surface area contributed by atoms with E-state index < -0.39 is 40.2 Å². The summed E-state index contributed by atoms with van der Waals surface area (Å²) in [6.45, 7) is 1.59. The number of carboxylic acid groups (broad SMARTS) is 2. The van der Waals surface area contributed by atoms with E-state index in [9.17, 15) is 18.0 Å². The maximum absolute atomic E-state index is 11.8. The van der Waals surface area contributed by atoms with Crippen LogP contribution in [-0.2, 0) is 25.4 Å². The summed E-state index contributed by atoms with van der Waals surface area (Å²) in [6, 6.07) is -0.0872. The Morgan fingerprint density at radius 1 is 1.45 bits per heavy atom. The highest BCUT2D eigenvalue weighted by atomic mass is 32.2. The minimum absolute atomic E-state index is 0.136. The molecule has 0 saturated heterocycles. The Kier molecular flexibility index (Phi) is 5.22. The highest BCUT2D eigenvalue weighted by Crippen LogP contribution is 2.08. The van der Waals surface area contributed by atoms with Gasteiger partial charge in [-0.25, -0.2) is 13.1 Å². The fourth-order valence-electron chi connectivity index (χ4n) is 1.44. The molecule has 0 radical (unpaired) electrons. The highest BCUT2D eigenvalue weighted by molar-refractivity contribution is 7.88. The van der Waals surface area contributed by atoms with Crippen molar-refractivity contribution in [3.63, 3.8) is 0 Å². The van der Waals surface area contributed by atoms with Crippen molar-refractivity contribution in [1.82, 2.24) is 9.88 Å². The summed E-state index contributed by atoms with van der Waals surface area (Å²) < 4.78 is 30.2. The molecule has 112 valence electrons. The van der Waals surface area contributed by atoms with Crippen LogP contribution < -0.4 is 4.72 Å². The van der Waals surface area contributed by atoms with Gasteiger partial charge in [0.2, 0.25) is 10.0 Å². The Hall–Kier alpha value is -1.94. The maximum Gasteiger partial charge on any atom is 0.321 e. The molecule has 20 heavy (non-hydrogen) atoms. The predicted octanol–water partition coefficient (Wildman–Crippen LogP) is -0.280. The van der Waals surface area contributed by atoms with E-state index in [1.807, 2.05) is 4.72 Å². The lowest BCUT2D eigenvalue weighted by molar-refractivity contribution is -0.140. The molecule has 0 aromatic carbocycles. The second-order valence-electron chi connectivity index (χ2n) is 4.13. The summed E-state index contributed by atoms with van der Waals surface area (Å²) in [6.07, 6.45) is -0.801. The van der Waals surface area contributed by atoms with Crippen molar-refractivity contribution in [1.29, 1.82) is 0 Å². The molecule has 1 heterocycles. The van der Waals surface area contributed by atoms with Crippen molar-refractivity contribution in [2.24, 2.45) is 0 Å². The van der Waals surface area contributed by atoms with Gasteiger partial charge in [0.25, 0.3) is 0 Å². The van der Waals surface area contributed by atoms with Gasteiger partial charge in [0.15, 0.2) is 0 Å². The molecule has 1 rings (SSSR count). The van der Waals surface area contributed by atoms with Crippen LogP contribution in [0.1, 0.15) is 24.3 Å². The van der Waals surface area contributed by atoms with Crippen LogP contribution in [0.3, 0.4) is 0 Å². The van der Waals surface area contributed by atoms with Gasteiger partial charge in [0.1, 0.15) is 23.2 Å². The number of carboxylic acids is 2. The van der Waals surface area contributed by atoms with Gasteiger partial charge in [-0.1, -0.05) is 5.16 Å². The number of aromatic nitrogens is 1. The number of nitrogens with zero attached hydrogens (tertiary/aromatic N) is 1. The van der Waals surface area contributed by atoms with Gasteiger partial charge >= 0.3 is 11.9 Å². The third-order valence-corrected chi connectivity index (χ3v) is 3.60. The Labute approximate surface area is 114 Å². The topological polar surface area (TPSA) is 147 Å². The molecule has 10 heteroatoms. The van der Waals surface area contributed by atoms with Crippen molar-refractivity contribution in [3.05, 3.63) is 17.5 Å². The number of aryl methyl sites for hydroxylation is 1. The number of carbonyl (C=O) groups is 2. The second kappa shape index (κ2) is 6.48. The zero-order chi connectivity index (χ0) is 15.3. The lowest BCUT2D eigenvalue weighted by Crippen LogP contribution is -2.41. The zero-order valence-corrected chi connectivity index (χ0v) is 11.4. The number of aliphatic carboxylic acids is 2. The summed E-state index contributed by atoms with van der Waals surface area (Å²) in [4.78, 5) is 21.3. The summed E-state index contributed by atoms with van der Waals surface area (Å²) in [5, 5.41) is 20.8. The molecule has 0 fully saturated rings. The molecule has 0 amide bonds. The number of hydrogen-bond donors (Lipinski definition) is 3. The van der Waals surface area contributed by atoms with E-state index in [0.29, 0.717) is 5.76 Å². The molecule has 0 saturated carbocycles. The van der Waals surface area contributed by atoms with Crippen LogP contribution in [0.4, 0.5) is 0 Å². The molecule has 0 aliphatic rings. The Morgan fingerprint density at radius 2 is 2.10 bits per heavy atom. The van der Waals surface area contributed by atoms with Crippen molar-refractivity contribution in [2.75, 3.05) is 0 Å². The van der Waals surface area contributed by atoms with Crippen molar-refractivity contribution >= 4 is 22.0 Å². The Balaban J connectivity index is 2.70. The van der Waals surface area contributed by atoms with Gasteiger partial charge < -0.3 is 14.7 Å². The van der Waals surface area contributed by atoms with E-state index in [1.54, 1.807) is 6.92 Å². The van der Waals surface area contributed by atoms with E-state index in [4.69, 9.17) is 14.7 Å². The second-order valence-corrected chi connectivity index (χ2v) is 5.88. The molecular weight excluding hydrogens is 292 g/mol. The number of sulfonamides is 1. The van der Waals surface area contributed by atoms with Crippen LogP contribution in [-0.4, -0.2) is 41.8 Å². The van der Waals surface area contributed by atoms with E-state index in [2.05, 4.69) is 5.16 Å². The van der Waals surface area contributed by atoms with Crippen LogP contribution in [0.2, 0.25) is 0 Å². The summed E-state index contributed by atoms with van der Waals surface area (Å²) >= 11 is 0. The van der Waals surface area contributed by atoms with Crippen molar-refractivity contribution in [3.8, 4) is 0 Å². The monoisotopic (exact) mass is 306 g/mol. The fourth-order valence-corrected chi connectivity index (χ4v) is 2.70. The lowest BCUT2D eigenvalue weighted by atomic mass is 10.2. The van der Waals surface area contributed by atoms with Crippen molar-refractivity contribution in [2.45, 2.75) is 31.6 Å². The quantitative estimate of drug-likeness (QED) is 0.594. The molecule has 0 aliphatic heterocycles. The molecule has 1 unspecified atom stereocenters. The van der Waals surface area contributed by atoms with Gasteiger partial charge in [-0.15, -0.1) is 0 Å². The average molecular weight is 306 g/mol. The minimum atomic E-state index is -3.96. The SMILES string of the molecule is Cc1cc(CS(=O)(=O)NC(CCC(=O)O)C(=O)O)no1. The first-order chi connectivity index (χ1) is 9.19. The molecule has 0 spiro atoms. The Morgan fingerprint density at radius 3 is 2.55 bits per heavy atom. The molecule has 9 nitrogen and oxygen atoms in total. The van der Waals surface area contributed by atoms with Gasteiger partial charge in [0, 0.05) is 12.5 Å². The molecule has 3 N–H and O–H groups in total. The van der Waals surface area contributed by atoms with Crippen LogP contribution in [0, 0.1) is 6.92 Å². The van der Waals surface area contributed by atoms with Crippen LogP contribution in [0.25, 0.3) is 0 Å². The first kappa shape index (κ1) is 16.1. The zero-order valence-electron chi connectivity index (χ0n) is 10.6. The molecular formula is C10H14N2O7S. The van der Waals surface area contributed by atoms with Crippen molar-refractivity contribution < 1.29 is 32.7 Å². The molecule has 0 aliphatic carbocycles. The first-order valence-electron chi connectivity index (χ1n) is 5.56. The number of nitrogens with one attached hydrogen (secondary N) is 1. The smallest absolute Gasteiger partial charge is 0.321 e. The van der Waals surface area contributed by atoms with E-state index in [1.165, 1.54) is 6.07 Å². The summed E-state index contributed by atoms with van der Waals surface area (Å²) in [7, 11) is -3.96. The minimum Gasteiger partial charge on any atom is -0.481 e. The number of rotatable bonds is 8. The van der Waals surface area contributed by atoms with E-state index in [-0.39, 0.29) is 12.1 Å². The average Bonchev–Trinajstić information content (AvgIpc) is 2.68. The Bertz CT molecular complexity index is 593. The van der Waals surface area contributed by atoms with Crippen LogP contribution >= 0.6 is 0 Å². The van der Waals surface area contributed by atoms with Gasteiger partial charge in [0.05, 0.1) is 0 Å². The van der Waals surface area contributed by atoms with Gasteiger partial charge in [-0.3, -0.25) is 9.59 Å². The lowest BCUT2D eigenvalue weighted by Gasteiger charge is -2.13. The van der Waals surface area contributed by atoms with Gasteiger partial charge in [-0.2, -0.15) is 0 Å². The third kappa shape index (κ3) is 5.36. The largest absolute Gasteiger partial charge is 0.481 e. The van der Waals surface area contributed by atoms with E-state index in [0.717, 1.165) is 0 Å². The molecule has 1 aromatic rings. The molecule has 1 atom stereocenters. The van der Waals surface area contributed by atoms with E-state index >= 15 is 0 Å². The summed E-state index contributed by atoms with van der Waals surface area (Å²) in [5.74, 6) is -2.76. The van der Waals surface area contributed by atoms with Crippen LogP contribution in [0.5, 0.6) is 0 Å². The standard InChI is InChI=1S/C10H14N2O7S/c1-6-4-7(11-19-6)5-20(17,18)12-8(10(15)16)2-3-9(13)14/h4,8,12H,2-3,5H2,1H3,(H,13,14)(H,15,16). The number of hydrogen-bond acceptors (Lipinski definition) is 6. The molecule has 1 aromatic heterocycles. The predicted molar refractivity (Wildman–Crippen MR) is 65.3 cm³/mol. The highest BCUT2D eigenvalue weighted by Gasteiger charge is 2.25. The summed E-state index contributed by atoms with van der Waals surface area (Å²) in [5.41, 5.74) is 0.136. The third-order valence-electron chi connectivity index (χ3n) is 2.28. The molecule has 0 bridgehead atoms.